The van der Waals surface area contributed by atoms with Crippen LogP contribution in [0, 0.1) is 18.8 Å². The number of hydrogen-bond acceptors (Lipinski definition) is 6. The number of amides is 1. The molecule has 2 aliphatic heterocycles. The van der Waals surface area contributed by atoms with Crippen molar-refractivity contribution < 1.29 is 19.8 Å². The van der Waals surface area contributed by atoms with Crippen molar-refractivity contribution in [3.63, 3.8) is 0 Å². The molecule has 9 nitrogen and oxygen atoms in total. The van der Waals surface area contributed by atoms with Crippen LogP contribution in [0.5, 0.6) is 0 Å². The molecular weight excluding hydrogens is 362 g/mol. The van der Waals surface area contributed by atoms with Crippen LogP contribution >= 0.6 is 0 Å². The zero-order valence-corrected chi connectivity index (χ0v) is 16.7. The number of nitrogens with one attached hydrogen (secondary N) is 1. The van der Waals surface area contributed by atoms with E-state index >= 15 is 0 Å². The van der Waals surface area contributed by atoms with Gasteiger partial charge in [-0.1, -0.05) is 0 Å². The number of carboxylic acid groups (broad SMARTS) is 1. The summed E-state index contributed by atoms with van der Waals surface area (Å²) < 4.78 is 0. The average molecular weight is 393 g/mol. The van der Waals surface area contributed by atoms with E-state index in [2.05, 4.69) is 20.1 Å². The molecule has 0 spiro atoms. The Labute approximate surface area is 165 Å². The lowest BCUT2D eigenvalue weighted by molar-refractivity contribution is -0.134. The number of hydrogen-bond donors (Lipinski definition) is 3. The Bertz CT molecular complexity index is 684. The van der Waals surface area contributed by atoms with Gasteiger partial charge in [0.15, 0.2) is 5.82 Å². The van der Waals surface area contributed by atoms with Crippen LogP contribution in [0.25, 0.3) is 0 Å². The van der Waals surface area contributed by atoms with Crippen LogP contribution in [0.1, 0.15) is 44.3 Å². The highest BCUT2D eigenvalue weighted by molar-refractivity contribution is 5.78. The minimum atomic E-state index is -0.833. The van der Waals surface area contributed by atoms with Crippen molar-refractivity contribution >= 4 is 11.9 Å². The van der Waals surface area contributed by atoms with E-state index in [1.807, 2.05) is 11.8 Å². The molecule has 3 N–H and O–H groups in total. The van der Waals surface area contributed by atoms with Crippen LogP contribution in [0.15, 0.2) is 0 Å². The number of nitrogens with zero attached hydrogens (tertiary/aromatic N) is 4. The van der Waals surface area contributed by atoms with Gasteiger partial charge in [0.05, 0.1) is 12.5 Å². The number of carboxylic acids is 1. The summed E-state index contributed by atoms with van der Waals surface area (Å²) in [6, 6.07) is 0.291. The van der Waals surface area contributed by atoms with E-state index in [0.29, 0.717) is 23.7 Å². The Balaban J connectivity index is 0.000000516. The summed E-state index contributed by atoms with van der Waals surface area (Å²) in [6.45, 7) is 6.75. The smallest absolute Gasteiger partial charge is 0.300 e. The molecule has 156 valence electrons. The SMILES string of the molecule is CC(=O)O.Cc1nc(CC(=O)N2C[C@H]3C[C@@H](N4CCCC4)[C@H](O)C[C@H]3C2)n[nH]1. The molecule has 3 heterocycles. The molecule has 4 rings (SSSR count). The van der Waals surface area contributed by atoms with Gasteiger partial charge >= 0.3 is 0 Å². The van der Waals surface area contributed by atoms with Crippen molar-refractivity contribution in [3.05, 3.63) is 11.6 Å². The second-order valence-electron chi connectivity index (χ2n) is 8.20. The molecule has 3 fully saturated rings. The van der Waals surface area contributed by atoms with E-state index in [1.54, 1.807) is 0 Å². The van der Waals surface area contributed by atoms with E-state index < -0.39 is 5.97 Å². The highest BCUT2D eigenvalue weighted by Gasteiger charge is 2.44. The first-order valence-electron chi connectivity index (χ1n) is 10.1. The normalized spacial score (nSPS) is 29.9. The van der Waals surface area contributed by atoms with E-state index in [-0.39, 0.29) is 18.4 Å². The number of likely N-dealkylation sites (tertiary alicyclic amines) is 2. The van der Waals surface area contributed by atoms with Gasteiger partial charge in [-0.25, -0.2) is 4.98 Å². The molecule has 1 aromatic heterocycles. The van der Waals surface area contributed by atoms with Crippen LogP contribution in [0.2, 0.25) is 0 Å². The van der Waals surface area contributed by atoms with Crippen molar-refractivity contribution in [3.8, 4) is 0 Å². The van der Waals surface area contributed by atoms with Crippen LogP contribution in [0.3, 0.4) is 0 Å². The highest BCUT2D eigenvalue weighted by atomic mass is 16.4. The van der Waals surface area contributed by atoms with Crippen molar-refractivity contribution in [2.24, 2.45) is 11.8 Å². The van der Waals surface area contributed by atoms with Gasteiger partial charge < -0.3 is 15.1 Å². The van der Waals surface area contributed by atoms with Crippen LogP contribution in [-0.4, -0.2) is 85.4 Å². The molecule has 0 aromatic carbocycles. The summed E-state index contributed by atoms with van der Waals surface area (Å²) >= 11 is 0. The van der Waals surface area contributed by atoms with Gasteiger partial charge in [0.1, 0.15) is 5.82 Å². The van der Waals surface area contributed by atoms with Gasteiger partial charge in [-0.2, -0.15) is 5.10 Å². The molecule has 9 heteroatoms. The lowest BCUT2D eigenvalue weighted by Gasteiger charge is -2.40. The third-order valence-electron chi connectivity index (χ3n) is 6.02. The van der Waals surface area contributed by atoms with Crippen molar-refractivity contribution in [2.45, 2.75) is 58.1 Å². The molecular formula is C19H31N5O4. The Morgan fingerprint density at radius 2 is 1.79 bits per heavy atom. The van der Waals surface area contributed by atoms with E-state index in [0.717, 1.165) is 51.8 Å². The van der Waals surface area contributed by atoms with Gasteiger partial charge in [0.2, 0.25) is 5.91 Å². The number of carbonyl (C=O) groups excluding carboxylic acids is 1. The summed E-state index contributed by atoms with van der Waals surface area (Å²) in [4.78, 5) is 30.2. The molecule has 0 unspecified atom stereocenters. The molecule has 1 aromatic rings. The summed E-state index contributed by atoms with van der Waals surface area (Å²) in [5.41, 5.74) is 0. The van der Waals surface area contributed by atoms with Crippen molar-refractivity contribution in [2.75, 3.05) is 26.2 Å². The number of H-pyrrole nitrogens is 1. The number of fused-ring (bicyclic) bond motifs is 1. The summed E-state index contributed by atoms with van der Waals surface area (Å²) in [5, 5.41) is 24.8. The van der Waals surface area contributed by atoms with Crippen LogP contribution in [-0.2, 0) is 16.0 Å². The number of rotatable bonds is 3. The first-order chi connectivity index (χ1) is 13.3. The average Bonchev–Trinajstić information content (AvgIpc) is 3.34. The molecule has 3 aliphatic rings. The van der Waals surface area contributed by atoms with E-state index in [1.165, 1.54) is 12.8 Å². The van der Waals surface area contributed by atoms with E-state index in [9.17, 15) is 9.90 Å². The fourth-order valence-corrected chi connectivity index (χ4v) is 4.79. The standard InChI is InChI=1S/C17H27N5O2.C2H4O2/c1-11-18-16(20-19-11)8-17(24)22-9-12-6-14(21-4-2-3-5-21)15(23)7-13(12)10-22;1-2(3)4/h12-15,23H,2-10H2,1H3,(H,18,19,20);1H3,(H,3,4)/t12-,13+,14-,15-;/m1./s1. The fourth-order valence-electron chi connectivity index (χ4n) is 4.79. The topological polar surface area (TPSA) is 123 Å². The van der Waals surface area contributed by atoms with E-state index in [4.69, 9.17) is 9.90 Å². The molecule has 2 saturated heterocycles. The largest absolute Gasteiger partial charge is 0.481 e. The predicted molar refractivity (Wildman–Crippen MR) is 102 cm³/mol. The van der Waals surface area contributed by atoms with Gasteiger partial charge in [0, 0.05) is 26.1 Å². The maximum absolute atomic E-state index is 12.5. The molecule has 0 bridgehead atoms. The third kappa shape index (κ3) is 5.08. The number of aliphatic carboxylic acids is 1. The van der Waals surface area contributed by atoms with Crippen LogP contribution < -0.4 is 0 Å². The van der Waals surface area contributed by atoms with Crippen LogP contribution in [0.4, 0.5) is 0 Å². The Kier molecular flexibility index (Phi) is 6.66. The number of aliphatic hydroxyl groups is 1. The molecule has 28 heavy (non-hydrogen) atoms. The second kappa shape index (κ2) is 9.00. The maximum Gasteiger partial charge on any atom is 0.300 e. The molecule has 1 saturated carbocycles. The Hall–Kier alpha value is -2.00. The van der Waals surface area contributed by atoms with Gasteiger partial charge in [-0.3, -0.25) is 19.6 Å². The summed E-state index contributed by atoms with van der Waals surface area (Å²) in [7, 11) is 0. The molecule has 0 radical (unpaired) electrons. The number of aliphatic hydroxyl groups excluding tert-OH is 1. The molecule has 1 aliphatic carbocycles. The Morgan fingerprint density at radius 1 is 1.18 bits per heavy atom. The second-order valence-corrected chi connectivity index (χ2v) is 8.20. The number of aromatic nitrogens is 3. The summed E-state index contributed by atoms with van der Waals surface area (Å²) in [6.07, 6.45) is 4.37. The molecule has 4 atom stereocenters. The van der Waals surface area contributed by atoms with Crippen molar-refractivity contribution in [1.82, 2.24) is 25.0 Å². The van der Waals surface area contributed by atoms with Gasteiger partial charge in [-0.05, 0) is 57.5 Å². The zero-order valence-electron chi connectivity index (χ0n) is 16.7. The predicted octanol–water partition coefficient (Wildman–Crippen LogP) is 0.440. The lowest BCUT2D eigenvalue weighted by Crippen LogP contribution is -2.48. The first kappa shape index (κ1) is 20.7. The van der Waals surface area contributed by atoms with Gasteiger partial charge in [0.25, 0.3) is 5.97 Å². The Morgan fingerprint density at radius 3 is 2.36 bits per heavy atom. The summed E-state index contributed by atoms with van der Waals surface area (Å²) in [5.74, 6) is 1.55. The van der Waals surface area contributed by atoms with Gasteiger partial charge in [-0.15, -0.1) is 0 Å². The molecule has 1 amide bonds. The zero-order chi connectivity index (χ0) is 20.3. The number of aryl methyl sites for hydroxylation is 1. The highest BCUT2D eigenvalue weighted by Crippen LogP contribution is 2.39. The minimum Gasteiger partial charge on any atom is -0.481 e. The number of aromatic amines is 1. The number of carbonyl (C=O) groups is 2. The maximum atomic E-state index is 12.5. The quantitative estimate of drug-likeness (QED) is 0.681. The first-order valence-corrected chi connectivity index (χ1v) is 10.1. The third-order valence-corrected chi connectivity index (χ3v) is 6.02. The lowest BCUT2D eigenvalue weighted by atomic mass is 9.77. The van der Waals surface area contributed by atoms with Crippen molar-refractivity contribution in [1.29, 1.82) is 0 Å². The monoisotopic (exact) mass is 393 g/mol. The minimum absolute atomic E-state index is 0.107. The fraction of sp³-hybridized carbons (Fsp3) is 0.789.